The third-order valence-corrected chi connectivity index (χ3v) is 2.87. The molecule has 5 nitrogen and oxygen atoms in total. The van der Waals surface area contributed by atoms with Crippen LogP contribution in [0, 0.1) is 0 Å². The number of imidazole rings is 1. The second-order valence-electron chi connectivity index (χ2n) is 3.87. The van der Waals surface area contributed by atoms with Gasteiger partial charge in [0, 0.05) is 18.1 Å². The van der Waals surface area contributed by atoms with Crippen LogP contribution in [0.15, 0.2) is 30.6 Å². The van der Waals surface area contributed by atoms with Crippen molar-refractivity contribution in [3.05, 3.63) is 47.0 Å². The number of nitrogens with zero attached hydrogens (tertiary/aromatic N) is 1. The second-order valence-corrected chi connectivity index (χ2v) is 4.28. The predicted octanol–water partition coefficient (Wildman–Crippen LogP) is 2.14. The summed E-state index contributed by atoms with van der Waals surface area (Å²) < 4.78 is 0. The molecule has 94 valence electrons. The van der Waals surface area contributed by atoms with Crippen LogP contribution in [0.25, 0.3) is 0 Å². The highest BCUT2D eigenvalue weighted by atomic mass is 35.5. The van der Waals surface area contributed by atoms with Crippen molar-refractivity contribution >= 4 is 23.2 Å². The standard InChI is InChI=1S/C12H13ClN4O/c1-7(11-15-5-6-16-11)17-12(18)10-8(13)3-2-4-9(10)14/h2-7H,14H2,1H3,(H,15,16)(H,17,18). The van der Waals surface area contributed by atoms with E-state index in [2.05, 4.69) is 15.3 Å². The van der Waals surface area contributed by atoms with Crippen molar-refractivity contribution in [3.63, 3.8) is 0 Å². The number of carbonyl (C=O) groups excluding carboxylic acids is 1. The Morgan fingerprint density at radius 1 is 1.56 bits per heavy atom. The van der Waals surface area contributed by atoms with Gasteiger partial charge in [0.05, 0.1) is 16.6 Å². The van der Waals surface area contributed by atoms with Crippen LogP contribution in [-0.4, -0.2) is 15.9 Å². The van der Waals surface area contributed by atoms with Gasteiger partial charge in [0.25, 0.3) is 5.91 Å². The Labute approximate surface area is 109 Å². The highest BCUT2D eigenvalue weighted by Crippen LogP contribution is 2.22. The fourth-order valence-electron chi connectivity index (χ4n) is 1.63. The first-order valence-electron chi connectivity index (χ1n) is 5.43. The van der Waals surface area contributed by atoms with Crippen LogP contribution in [0.2, 0.25) is 5.02 Å². The molecule has 0 bridgehead atoms. The van der Waals surface area contributed by atoms with E-state index in [1.807, 2.05) is 6.92 Å². The lowest BCUT2D eigenvalue weighted by Crippen LogP contribution is -2.28. The molecule has 2 rings (SSSR count). The van der Waals surface area contributed by atoms with Crippen LogP contribution in [0.1, 0.15) is 29.1 Å². The molecule has 0 aliphatic carbocycles. The number of amides is 1. The van der Waals surface area contributed by atoms with E-state index >= 15 is 0 Å². The average Bonchev–Trinajstić information content (AvgIpc) is 2.81. The molecule has 0 radical (unpaired) electrons. The Kier molecular flexibility index (Phi) is 3.53. The number of benzene rings is 1. The van der Waals surface area contributed by atoms with Crippen molar-refractivity contribution in [1.29, 1.82) is 0 Å². The molecule has 1 atom stereocenters. The molecule has 1 heterocycles. The lowest BCUT2D eigenvalue weighted by molar-refractivity contribution is 0.0939. The van der Waals surface area contributed by atoms with Crippen LogP contribution in [0.4, 0.5) is 5.69 Å². The normalized spacial score (nSPS) is 12.1. The Hall–Kier alpha value is -2.01. The summed E-state index contributed by atoms with van der Waals surface area (Å²) in [6, 6.07) is 4.72. The van der Waals surface area contributed by atoms with Crippen molar-refractivity contribution in [2.24, 2.45) is 0 Å². The molecule has 1 aromatic carbocycles. The molecule has 0 saturated carbocycles. The van der Waals surface area contributed by atoms with Gasteiger partial charge in [-0.25, -0.2) is 4.98 Å². The minimum absolute atomic E-state index is 0.247. The van der Waals surface area contributed by atoms with Crippen LogP contribution in [0.5, 0.6) is 0 Å². The Morgan fingerprint density at radius 2 is 2.33 bits per heavy atom. The highest BCUT2D eigenvalue weighted by molar-refractivity contribution is 6.34. The van der Waals surface area contributed by atoms with Gasteiger partial charge in [0.15, 0.2) is 0 Å². The summed E-state index contributed by atoms with van der Waals surface area (Å²) in [5.41, 5.74) is 6.39. The third-order valence-electron chi connectivity index (χ3n) is 2.55. The minimum Gasteiger partial charge on any atom is -0.398 e. The monoisotopic (exact) mass is 264 g/mol. The molecular weight excluding hydrogens is 252 g/mol. The van der Waals surface area contributed by atoms with Crippen molar-refractivity contribution in [1.82, 2.24) is 15.3 Å². The van der Waals surface area contributed by atoms with Crippen LogP contribution in [0.3, 0.4) is 0 Å². The second kappa shape index (κ2) is 5.10. The summed E-state index contributed by atoms with van der Waals surface area (Å²) >= 11 is 5.97. The van der Waals surface area contributed by atoms with Gasteiger partial charge in [0.1, 0.15) is 5.82 Å². The highest BCUT2D eigenvalue weighted by Gasteiger charge is 2.17. The van der Waals surface area contributed by atoms with Crippen molar-refractivity contribution in [2.75, 3.05) is 5.73 Å². The van der Waals surface area contributed by atoms with Crippen LogP contribution in [-0.2, 0) is 0 Å². The summed E-state index contributed by atoms with van der Waals surface area (Å²) in [7, 11) is 0. The maximum atomic E-state index is 12.1. The lowest BCUT2D eigenvalue weighted by Gasteiger charge is -2.13. The zero-order chi connectivity index (χ0) is 13.1. The number of aromatic amines is 1. The summed E-state index contributed by atoms with van der Waals surface area (Å²) in [5.74, 6) is 0.357. The van der Waals surface area contributed by atoms with E-state index in [1.165, 1.54) is 0 Å². The first kappa shape index (κ1) is 12.4. The van der Waals surface area contributed by atoms with Gasteiger partial charge in [-0.15, -0.1) is 0 Å². The molecule has 1 unspecified atom stereocenters. The largest absolute Gasteiger partial charge is 0.398 e. The molecule has 2 aromatic rings. The van der Waals surface area contributed by atoms with Gasteiger partial charge in [-0.3, -0.25) is 4.79 Å². The molecule has 0 saturated heterocycles. The maximum absolute atomic E-state index is 12.1. The number of nitrogens with one attached hydrogen (secondary N) is 2. The fourth-order valence-corrected chi connectivity index (χ4v) is 1.90. The molecule has 0 fully saturated rings. The quantitative estimate of drug-likeness (QED) is 0.743. The number of carbonyl (C=O) groups is 1. The van der Waals surface area contributed by atoms with E-state index in [0.29, 0.717) is 16.5 Å². The number of halogens is 1. The van der Waals surface area contributed by atoms with E-state index in [-0.39, 0.29) is 17.5 Å². The van der Waals surface area contributed by atoms with Crippen molar-refractivity contribution in [3.8, 4) is 0 Å². The number of anilines is 1. The van der Waals surface area contributed by atoms with E-state index in [0.717, 1.165) is 0 Å². The van der Waals surface area contributed by atoms with Crippen molar-refractivity contribution in [2.45, 2.75) is 13.0 Å². The Balaban J connectivity index is 2.18. The summed E-state index contributed by atoms with van der Waals surface area (Å²) in [4.78, 5) is 19.1. The molecule has 0 aliphatic rings. The Bertz CT molecular complexity index is 533. The molecule has 0 spiro atoms. The summed E-state index contributed by atoms with van der Waals surface area (Å²) in [6.07, 6.45) is 3.32. The van der Waals surface area contributed by atoms with E-state index in [4.69, 9.17) is 17.3 Å². The zero-order valence-corrected chi connectivity index (χ0v) is 10.5. The molecule has 4 N–H and O–H groups in total. The molecule has 0 aliphatic heterocycles. The summed E-state index contributed by atoms with van der Waals surface area (Å²) in [5, 5.41) is 3.12. The molecular formula is C12H13ClN4O. The average molecular weight is 265 g/mol. The Morgan fingerprint density at radius 3 is 2.94 bits per heavy atom. The van der Waals surface area contributed by atoms with Gasteiger partial charge >= 0.3 is 0 Å². The summed E-state index contributed by atoms with van der Waals surface area (Å²) in [6.45, 7) is 1.82. The zero-order valence-electron chi connectivity index (χ0n) is 9.77. The lowest BCUT2D eigenvalue weighted by atomic mass is 10.1. The SMILES string of the molecule is CC(NC(=O)c1c(N)cccc1Cl)c1ncc[nH]1. The molecule has 1 aromatic heterocycles. The predicted molar refractivity (Wildman–Crippen MR) is 70.3 cm³/mol. The molecule has 6 heteroatoms. The number of hydrogen-bond acceptors (Lipinski definition) is 3. The number of hydrogen-bond donors (Lipinski definition) is 3. The molecule has 18 heavy (non-hydrogen) atoms. The minimum atomic E-state index is -0.318. The van der Waals surface area contributed by atoms with Gasteiger partial charge in [-0.1, -0.05) is 17.7 Å². The topological polar surface area (TPSA) is 83.8 Å². The van der Waals surface area contributed by atoms with Gasteiger partial charge in [0.2, 0.25) is 0 Å². The van der Waals surface area contributed by atoms with Gasteiger partial charge in [-0.05, 0) is 19.1 Å². The van der Waals surface area contributed by atoms with E-state index in [9.17, 15) is 4.79 Å². The third kappa shape index (κ3) is 2.46. The number of nitrogens with two attached hydrogens (primary N) is 1. The number of H-pyrrole nitrogens is 1. The fraction of sp³-hybridized carbons (Fsp3) is 0.167. The maximum Gasteiger partial charge on any atom is 0.255 e. The van der Waals surface area contributed by atoms with Gasteiger partial charge < -0.3 is 16.0 Å². The van der Waals surface area contributed by atoms with E-state index in [1.54, 1.807) is 30.6 Å². The van der Waals surface area contributed by atoms with Crippen molar-refractivity contribution < 1.29 is 4.79 Å². The first-order chi connectivity index (χ1) is 8.59. The first-order valence-corrected chi connectivity index (χ1v) is 5.81. The molecule has 1 amide bonds. The van der Waals surface area contributed by atoms with Crippen LogP contribution < -0.4 is 11.1 Å². The van der Waals surface area contributed by atoms with E-state index < -0.39 is 0 Å². The smallest absolute Gasteiger partial charge is 0.255 e. The van der Waals surface area contributed by atoms with Crippen LogP contribution >= 0.6 is 11.6 Å². The van der Waals surface area contributed by atoms with Gasteiger partial charge in [-0.2, -0.15) is 0 Å². The number of rotatable bonds is 3. The number of aromatic nitrogens is 2. The number of nitrogen functional groups attached to an aromatic ring is 1.